The van der Waals surface area contributed by atoms with Crippen LogP contribution in [-0.4, -0.2) is 46.1 Å². The molecule has 0 aliphatic carbocycles. The first-order chi connectivity index (χ1) is 27.1. The molecule has 0 radical (unpaired) electrons. The third-order valence-electron chi connectivity index (χ3n) is 11.9. The number of hydrogen-bond donors (Lipinski definition) is 4. The van der Waals surface area contributed by atoms with Crippen molar-refractivity contribution in [3.63, 3.8) is 0 Å². The molecule has 5 heteroatoms. The lowest BCUT2D eigenvalue weighted by Gasteiger charge is -2.26. The molecule has 0 heterocycles. The molecule has 0 aliphatic rings. The van der Waals surface area contributed by atoms with E-state index in [-0.39, 0.29) is 12.5 Å². The van der Waals surface area contributed by atoms with Gasteiger partial charge in [0.05, 0.1) is 18.8 Å². The molecule has 4 N–H and O–H groups in total. The van der Waals surface area contributed by atoms with E-state index in [0.717, 1.165) is 38.5 Å². The highest BCUT2D eigenvalue weighted by Gasteiger charge is 2.26. The van der Waals surface area contributed by atoms with E-state index in [1.165, 1.54) is 212 Å². The van der Waals surface area contributed by atoms with Gasteiger partial charge in [-0.2, -0.15) is 0 Å². The van der Waals surface area contributed by atoms with Gasteiger partial charge in [-0.15, -0.1) is 0 Å². The number of amides is 1. The van der Waals surface area contributed by atoms with E-state index in [1.54, 1.807) is 0 Å². The van der Waals surface area contributed by atoms with Crippen molar-refractivity contribution in [1.82, 2.24) is 5.32 Å². The van der Waals surface area contributed by atoms with Crippen LogP contribution in [0.2, 0.25) is 0 Å². The van der Waals surface area contributed by atoms with E-state index in [0.29, 0.717) is 12.8 Å². The van der Waals surface area contributed by atoms with Crippen LogP contribution in [0, 0.1) is 0 Å². The number of nitrogens with one attached hydrogen (secondary N) is 1. The van der Waals surface area contributed by atoms with Crippen molar-refractivity contribution in [1.29, 1.82) is 0 Å². The molecule has 0 aromatic carbocycles. The number of unbranched alkanes of at least 4 members (excludes halogenated alkanes) is 36. The average Bonchev–Trinajstić information content (AvgIpc) is 3.19. The number of aliphatic hydroxyl groups excluding tert-OH is 3. The van der Waals surface area contributed by atoms with Crippen molar-refractivity contribution in [2.45, 2.75) is 295 Å². The minimum absolute atomic E-state index is 0.149. The molecule has 0 aromatic heterocycles. The Labute approximate surface area is 344 Å². The Morgan fingerprint density at radius 1 is 0.436 bits per heavy atom. The molecular weight excluding hydrogens is 679 g/mol. The van der Waals surface area contributed by atoms with Gasteiger partial charge in [-0.25, -0.2) is 0 Å². The van der Waals surface area contributed by atoms with E-state index in [4.69, 9.17) is 0 Å². The van der Waals surface area contributed by atoms with E-state index < -0.39 is 18.2 Å². The van der Waals surface area contributed by atoms with Gasteiger partial charge in [0.2, 0.25) is 5.91 Å². The summed E-state index contributed by atoms with van der Waals surface area (Å²) in [5.74, 6) is -0.149. The molecule has 0 aromatic rings. The zero-order valence-corrected chi connectivity index (χ0v) is 37.3. The van der Waals surface area contributed by atoms with Gasteiger partial charge in [0.15, 0.2) is 0 Å². The fraction of sp³-hybridized carbons (Fsp3) is 0.940. The molecule has 328 valence electrons. The smallest absolute Gasteiger partial charge is 0.220 e. The Hall–Kier alpha value is -0.910. The standard InChI is InChI=1S/C50H99NO4/c1-3-5-7-9-11-13-15-17-19-21-23-24-25-26-27-28-30-32-34-36-38-40-42-44-48(53)50(55)47(46-52)51-49(54)45-43-41-39-37-35-33-31-29-22-20-18-16-14-12-10-8-6-4-2/h36,38,47-48,50,52-53,55H,3-35,37,39-46H2,1-2H3,(H,51,54)/b38-36+. The molecule has 0 fully saturated rings. The van der Waals surface area contributed by atoms with Gasteiger partial charge in [0.25, 0.3) is 0 Å². The number of allylic oxidation sites excluding steroid dienone is 2. The van der Waals surface area contributed by atoms with Gasteiger partial charge < -0.3 is 20.6 Å². The fourth-order valence-corrected chi connectivity index (χ4v) is 7.99. The summed E-state index contributed by atoms with van der Waals surface area (Å²) in [6.45, 7) is 4.20. The summed E-state index contributed by atoms with van der Waals surface area (Å²) in [5, 5.41) is 33.6. The molecule has 0 bridgehead atoms. The lowest BCUT2D eigenvalue weighted by molar-refractivity contribution is -0.124. The second-order valence-corrected chi connectivity index (χ2v) is 17.4. The van der Waals surface area contributed by atoms with Crippen LogP contribution >= 0.6 is 0 Å². The van der Waals surface area contributed by atoms with Crippen LogP contribution in [-0.2, 0) is 4.79 Å². The molecule has 0 saturated heterocycles. The van der Waals surface area contributed by atoms with Crippen molar-refractivity contribution in [2.24, 2.45) is 0 Å². The minimum atomic E-state index is -1.15. The van der Waals surface area contributed by atoms with Crippen LogP contribution in [0.3, 0.4) is 0 Å². The van der Waals surface area contributed by atoms with E-state index in [2.05, 4.69) is 31.3 Å². The average molecular weight is 778 g/mol. The van der Waals surface area contributed by atoms with Crippen molar-refractivity contribution in [3.8, 4) is 0 Å². The molecule has 3 atom stereocenters. The van der Waals surface area contributed by atoms with Crippen LogP contribution in [0.5, 0.6) is 0 Å². The van der Waals surface area contributed by atoms with Crippen molar-refractivity contribution < 1.29 is 20.1 Å². The zero-order chi connectivity index (χ0) is 40.1. The molecule has 1 amide bonds. The number of aliphatic hydroxyl groups is 3. The highest BCUT2D eigenvalue weighted by Crippen LogP contribution is 2.17. The number of carbonyl (C=O) groups excluding carboxylic acids is 1. The van der Waals surface area contributed by atoms with E-state index in [9.17, 15) is 20.1 Å². The van der Waals surface area contributed by atoms with Crippen LogP contribution in [0.1, 0.15) is 277 Å². The summed E-state index contributed by atoms with van der Waals surface area (Å²) in [5.41, 5.74) is 0. The second kappa shape index (κ2) is 45.8. The Morgan fingerprint density at radius 2 is 0.727 bits per heavy atom. The summed E-state index contributed by atoms with van der Waals surface area (Å²) < 4.78 is 0. The molecule has 0 rings (SSSR count). The van der Waals surface area contributed by atoms with Gasteiger partial charge >= 0.3 is 0 Å². The van der Waals surface area contributed by atoms with Gasteiger partial charge in [-0.3, -0.25) is 4.79 Å². The van der Waals surface area contributed by atoms with Crippen molar-refractivity contribution >= 4 is 5.91 Å². The second-order valence-electron chi connectivity index (χ2n) is 17.4. The van der Waals surface area contributed by atoms with Crippen molar-refractivity contribution in [3.05, 3.63) is 12.2 Å². The normalized spacial score (nSPS) is 13.5. The summed E-state index contributed by atoms with van der Waals surface area (Å²) in [4.78, 5) is 12.5. The van der Waals surface area contributed by atoms with Gasteiger partial charge in [0.1, 0.15) is 6.10 Å². The summed E-state index contributed by atoms with van der Waals surface area (Å²) in [6.07, 6.45) is 54.8. The molecule has 3 unspecified atom stereocenters. The summed E-state index contributed by atoms with van der Waals surface area (Å²) >= 11 is 0. The third-order valence-corrected chi connectivity index (χ3v) is 11.9. The number of carbonyl (C=O) groups is 1. The monoisotopic (exact) mass is 778 g/mol. The maximum Gasteiger partial charge on any atom is 0.220 e. The summed E-state index contributed by atoms with van der Waals surface area (Å²) in [7, 11) is 0. The van der Waals surface area contributed by atoms with Crippen LogP contribution < -0.4 is 5.32 Å². The lowest BCUT2D eigenvalue weighted by Crippen LogP contribution is -2.50. The Morgan fingerprint density at radius 3 is 1.05 bits per heavy atom. The summed E-state index contributed by atoms with van der Waals surface area (Å²) in [6, 6.07) is -0.821. The fourth-order valence-electron chi connectivity index (χ4n) is 7.99. The zero-order valence-electron chi connectivity index (χ0n) is 37.3. The van der Waals surface area contributed by atoms with E-state index in [1.807, 2.05) is 0 Å². The minimum Gasteiger partial charge on any atom is -0.394 e. The molecule has 5 nitrogen and oxygen atoms in total. The SMILES string of the molecule is CCCCCCCCCCCCCCCCCCCC/C=C/CCCC(O)C(O)C(CO)NC(=O)CCCCCCCCCCCCCCCCCCCC. The third kappa shape index (κ3) is 41.1. The van der Waals surface area contributed by atoms with Crippen molar-refractivity contribution in [2.75, 3.05) is 6.61 Å². The van der Waals surface area contributed by atoms with Gasteiger partial charge in [0, 0.05) is 6.42 Å². The quantitative estimate of drug-likeness (QED) is 0.0366. The lowest BCUT2D eigenvalue weighted by atomic mass is 10.0. The first-order valence-corrected chi connectivity index (χ1v) is 25.0. The number of hydrogen-bond acceptors (Lipinski definition) is 4. The van der Waals surface area contributed by atoms with Crippen LogP contribution in [0.25, 0.3) is 0 Å². The van der Waals surface area contributed by atoms with Crippen LogP contribution in [0.15, 0.2) is 12.2 Å². The first-order valence-electron chi connectivity index (χ1n) is 25.0. The number of rotatable bonds is 46. The highest BCUT2D eigenvalue weighted by molar-refractivity contribution is 5.76. The largest absolute Gasteiger partial charge is 0.394 e. The predicted molar refractivity (Wildman–Crippen MR) is 241 cm³/mol. The van der Waals surface area contributed by atoms with E-state index >= 15 is 0 Å². The molecule has 0 spiro atoms. The first kappa shape index (κ1) is 54.1. The maximum atomic E-state index is 12.5. The van der Waals surface area contributed by atoms with Gasteiger partial charge in [-0.1, -0.05) is 244 Å². The Kier molecular flexibility index (Phi) is 45.0. The molecule has 0 aliphatic heterocycles. The molecular formula is C50H99NO4. The van der Waals surface area contributed by atoms with Gasteiger partial charge in [-0.05, 0) is 38.5 Å². The maximum absolute atomic E-state index is 12.5. The topological polar surface area (TPSA) is 89.8 Å². The predicted octanol–water partition coefficient (Wildman–Crippen LogP) is 14.8. The highest BCUT2D eigenvalue weighted by atomic mass is 16.3. The Bertz CT molecular complexity index is 773. The van der Waals surface area contributed by atoms with Crippen LogP contribution in [0.4, 0.5) is 0 Å². The molecule has 0 saturated carbocycles. The Balaban J connectivity index is 3.58. The molecule has 55 heavy (non-hydrogen) atoms.